The van der Waals surface area contributed by atoms with E-state index in [1.54, 1.807) is 11.8 Å². The summed E-state index contributed by atoms with van der Waals surface area (Å²) in [7, 11) is 1.95. The lowest BCUT2D eigenvalue weighted by Crippen LogP contribution is -2.04. The predicted molar refractivity (Wildman–Crippen MR) is 82.8 cm³/mol. The molecular formula is C14H17BrN2OS. The molecule has 0 saturated carbocycles. The minimum Gasteiger partial charge on any atom is -0.486 e. The maximum absolute atomic E-state index is 5.92. The number of ether oxygens (including phenoxy) is 1. The van der Waals surface area contributed by atoms with Crippen LogP contribution in [0.1, 0.15) is 18.3 Å². The molecule has 5 heteroatoms. The molecule has 0 unspecified atom stereocenters. The van der Waals surface area contributed by atoms with Gasteiger partial charge >= 0.3 is 0 Å². The summed E-state index contributed by atoms with van der Waals surface area (Å²) in [6.07, 6.45) is 2.97. The van der Waals surface area contributed by atoms with E-state index in [4.69, 9.17) is 4.74 Å². The summed E-state index contributed by atoms with van der Waals surface area (Å²) < 4.78 is 8.86. The number of aromatic nitrogens is 2. The van der Waals surface area contributed by atoms with E-state index >= 15 is 0 Å². The van der Waals surface area contributed by atoms with Gasteiger partial charge in [-0.05, 0) is 40.7 Å². The number of hydrogen-bond donors (Lipinski definition) is 0. The van der Waals surface area contributed by atoms with Crippen LogP contribution in [0.5, 0.6) is 5.75 Å². The monoisotopic (exact) mass is 340 g/mol. The summed E-state index contributed by atoms with van der Waals surface area (Å²) >= 11 is 5.29. The van der Waals surface area contributed by atoms with Crippen LogP contribution in [0, 0.1) is 0 Å². The third-order valence-electron chi connectivity index (χ3n) is 2.94. The van der Waals surface area contributed by atoms with Gasteiger partial charge in [-0.3, -0.25) is 4.68 Å². The van der Waals surface area contributed by atoms with Crippen LogP contribution in [0.25, 0.3) is 0 Å². The fourth-order valence-corrected chi connectivity index (χ4v) is 3.13. The Labute approximate surface area is 126 Å². The number of aryl methyl sites for hydroxylation is 2. The van der Waals surface area contributed by atoms with Gasteiger partial charge in [0.2, 0.25) is 0 Å². The predicted octanol–water partition coefficient (Wildman–Crippen LogP) is 4.05. The second-order valence-corrected chi connectivity index (χ2v) is 5.77. The van der Waals surface area contributed by atoms with Crippen molar-refractivity contribution in [3.8, 4) is 5.75 Å². The SMILES string of the molecule is CCc1nn(C)c(COc2ccccc2SC)c1Br. The van der Waals surface area contributed by atoms with Crippen LogP contribution in [-0.4, -0.2) is 16.0 Å². The van der Waals surface area contributed by atoms with Crippen molar-refractivity contribution in [1.82, 2.24) is 9.78 Å². The van der Waals surface area contributed by atoms with Crippen LogP contribution < -0.4 is 4.74 Å². The Morgan fingerprint density at radius 1 is 1.37 bits per heavy atom. The number of para-hydroxylation sites is 1. The van der Waals surface area contributed by atoms with Gasteiger partial charge in [0.1, 0.15) is 12.4 Å². The third-order valence-corrected chi connectivity index (χ3v) is 4.63. The molecule has 0 aliphatic carbocycles. The lowest BCUT2D eigenvalue weighted by atomic mass is 10.3. The van der Waals surface area contributed by atoms with Crippen LogP contribution in [0.3, 0.4) is 0 Å². The highest BCUT2D eigenvalue weighted by Crippen LogP contribution is 2.29. The molecule has 0 atom stereocenters. The van der Waals surface area contributed by atoms with Gasteiger partial charge in [0.25, 0.3) is 0 Å². The maximum Gasteiger partial charge on any atom is 0.133 e. The highest BCUT2D eigenvalue weighted by molar-refractivity contribution is 9.10. The fourth-order valence-electron chi connectivity index (χ4n) is 1.86. The number of benzene rings is 1. The molecule has 2 aromatic rings. The van der Waals surface area contributed by atoms with Gasteiger partial charge < -0.3 is 4.74 Å². The standard InChI is InChI=1S/C14H17BrN2OS/c1-4-10-14(15)11(17(2)16-10)9-18-12-7-5-6-8-13(12)19-3/h5-8H,4,9H2,1-3H3. The highest BCUT2D eigenvalue weighted by Gasteiger charge is 2.13. The molecule has 102 valence electrons. The molecule has 1 aromatic heterocycles. The Morgan fingerprint density at radius 3 is 2.74 bits per heavy atom. The quantitative estimate of drug-likeness (QED) is 0.768. The molecule has 0 fully saturated rings. The van der Waals surface area contributed by atoms with Gasteiger partial charge in [-0.25, -0.2) is 0 Å². The Bertz CT molecular complexity index is 569. The van der Waals surface area contributed by atoms with Gasteiger partial charge in [-0.1, -0.05) is 19.1 Å². The first-order valence-electron chi connectivity index (χ1n) is 6.13. The zero-order chi connectivity index (χ0) is 13.8. The van der Waals surface area contributed by atoms with Gasteiger partial charge in [-0.15, -0.1) is 11.8 Å². The van der Waals surface area contributed by atoms with Crippen molar-refractivity contribution in [2.45, 2.75) is 24.8 Å². The van der Waals surface area contributed by atoms with E-state index < -0.39 is 0 Å². The average Bonchev–Trinajstić information content (AvgIpc) is 2.71. The smallest absolute Gasteiger partial charge is 0.133 e. The van der Waals surface area contributed by atoms with Crippen LogP contribution in [0.4, 0.5) is 0 Å². The van der Waals surface area contributed by atoms with E-state index in [9.17, 15) is 0 Å². The molecule has 1 aromatic carbocycles. The minimum absolute atomic E-state index is 0.516. The average molecular weight is 341 g/mol. The van der Waals surface area contributed by atoms with Gasteiger partial charge in [0.05, 0.1) is 15.9 Å². The van der Waals surface area contributed by atoms with Crippen LogP contribution in [0.2, 0.25) is 0 Å². The van der Waals surface area contributed by atoms with Crippen molar-refractivity contribution in [2.75, 3.05) is 6.26 Å². The Hall–Kier alpha value is -0.940. The number of halogens is 1. The Balaban J connectivity index is 2.17. The molecule has 0 spiro atoms. The van der Waals surface area contributed by atoms with Crippen molar-refractivity contribution < 1.29 is 4.74 Å². The first kappa shape index (κ1) is 14.5. The molecular weight excluding hydrogens is 324 g/mol. The van der Waals surface area contributed by atoms with Crippen LogP contribution in [0.15, 0.2) is 33.6 Å². The molecule has 0 amide bonds. The molecule has 0 bridgehead atoms. The van der Waals surface area contributed by atoms with Gasteiger partial charge in [0, 0.05) is 11.9 Å². The normalized spacial score (nSPS) is 10.7. The van der Waals surface area contributed by atoms with E-state index in [0.717, 1.165) is 32.9 Å². The van der Waals surface area contributed by atoms with Gasteiger partial charge in [0.15, 0.2) is 0 Å². The Kier molecular flexibility index (Phi) is 4.93. The van der Waals surface area contributed by atoms with E-state index in [1.807, 2.05) is 29.9 Å². The topological polar surface area (TPSA) is 27.1 Å². The minimum atomic E-state index is 0.516. The lowest BCUT2D eigenvalue weighted by molar-refractivity contribution is 0.287. The van der Waals surface area contributed by atoms with Crippen molar-refractivity contribution >= 4 is 27.7 Å². The number of thioether (sulfide) groups is 1. The summed E-state index contributed by atoms with van der Waals surface area (Å²) in [6, 6.07) is 8.07. The van der Waals surface area contributed by atoms with Crippen LogP contribution >= 0.6 is 27.7 Å². The molecule has 0 saturated heterocycles. The second-order valence-electron chi connectivity index (χ2n) is 4.12. The summed E-state index contributed by atoms with van der Waals surface area (Å²) in [5.74, 6) is 0.918. The number of rotatable bonds is 5. The van der Waals surface area contributed by atoms with E-state index in [0.29, 0.717) is 6.61 Å². The van der Waals surface area contributed by atoms with Crippen molar-refractivity contribution in [1.29, 1.82) is 0 Å². The van der Waals surface area contributed by atoms with E-state index in [1.165, 1.54) is 0 Å². The van der Waals surface area contributed by atoms with Crippen molar-refractivity contribution in [3.63, 3.8) is 0 Å². The molecule has 0 radical (unpaired) electrons. The highest BCUT2D eigenvalue weighted by atomic mass is 79.9. The van der Waals surface area contributed by atoms with Gasteiger partial charge in [-0.2, -0.15) is 5.10 Å². The summed E-state index contributed by atoms with van der Waals surface area (Å²) in [5, 5.41) is 4.47. The summed E-state index contributed by atoms with van der Waals surface area (Å²) in [6.45, 7) is 2.61. The van der Waals surface area contributed by atoms with E-state index in [2.05, 4.69) is 40.3 Å². The fraction of sp³-hybridized carbons (Fsp3) is 0.357. The largest absolute Gasteiger partial charge is 0.486 e. The van der Waals surface area contributed by atoms with Crippen molar-refractivity contribution in [3.05, 3.63) is 40.1 Å². The maximum atomic E-state index is 5.92. The third kappa shape index (κ3) is 3.15. The number of nitrogens with zero attached hydrogens (tertiary/aromatic N) is 2. The Morgan fingerprint density at radius 2 is 2.11 bits per heavy atom. The lowest BCUT2D eigenvalue weighted by Gasteiger charge is -2.10. The van der Waals surface area contributed by atoms with Crippen molar-refractivity contribution in [2.24, 2.45) is 7.05 Å². The second kappa shape index (κ2) is 6.48. The van der Waals surface area contributed by atoms with Crippen LogP contribution in [-0.2, 0) is 20.1 Å². The zero-order valence-electron chi connectivity index (χ0n) is 11.3. The molecule has 0 N–H and O–H groups in total. The molecule has 3 nitrogen and oxygen atoms in total. The first-order chi connectivity index (χ1) is 9.17. The summed E-state index contributed by atoms with van der Waals surface area (Å²) in [5.41, 5.74) is 2.13. The first-order valence-corrected chi connectivity index (χ1v) is 8.15. The van der Waals surface area contributed by atoms with E-state index in [-0.39, 0.29) is 0 Å². The molecule has 19 heavy (non-hydrogen) atoms. The molecule has 1 heterocycles. The summed E-state index contributed by atoms with van der Waals surface area (Å²) in [4.78, 5) is 1.15. The molecule has 0 aliphatic heterocycles. The zero-order valence-corrected chi connectivity index (χ0v) is 13.7. The molecule has 0 aliphatic rings. The molecule has 2 rings (SSSR count). The number of hydrogen-bond acceptors (Lipinski definition) is 3.